The Labute approximate surface area is 229 Å². The monoisotopic (exact) mass is 532 g/mol. The molecule has 1 aliphatic rings. The lowest BCUT2D eigenvalue weighted by molar-refractivity contribution is 0.153. The van der Waals surface area contributed by atoms with Gasteiger partial charge in [-0.2, -0.15) is 0 Å². The summed E-state index contributed by atoms with van der Waals surface area (Å²) in [6, 6.07) is 7.15. The van der Waals surface area contributed by atoms with Crippen molar-refractivity contribution >= 4 is 17.5 Å². The summed E-state index contributed by atoms with van der Waals surface area (Å²) < 4.78 is 7.77. The third-order valence-electron chi connectivity index (χ3n) is 6.36. The molecule has 200 valence electrons. The van der Waals surface area contributed by atoms with E-state index in [2.05, 4.69) is 27.8 Å². The van der Waals surface area contributed by atoms with E-state index in [0.29, 0.717) is 28.9 Å². The van der Waals surface area contributed by atoms with Gasteiger partial charge in [-0.05, 0) is 60.1 Å². The van der Waals surface area contributed by atoms with E-state index in [1.165, 1.54) is 6.07 Å². The zero-order valence-corrected chi connectivity index (χ0v) is 23.0. The smallest absolute Gasteiger partial charge is 0.196 e. The number of hydrogen-bond donors (Lipinski definition) is 2. The van der Waals surface area contributed by atoms with Crippen LogP contribution in [0, 0.1) is 0 Å². The van der Waals surface area contributed by atoms with Gasteiger partial charge in [0.25, 0.3) is 0 Å². The number of hydrogen-bond acceptors (Lipinski definition) is 7. The van der Waals surface area contributed by atoms with Gasteiger partial charge in [-0.1, -0.05) is 63.2 Å². The molecule has 0 saturated heterocycles. The topological polar surface area (TPSA) is 93.3 Å². The molecular weight excluding hydrogens is 496 g/mol. The second kappa shape index (κ2) is 13.4. The van der Waals surface area contributed by atoms with Crippen LogP contribution in [0.5, 0.6) is 11.5 Å². The second-order valence-corrected chi connectivity index (χ2v) is 10.7. The molecule has 3 aromatic rings. The number of phenolic OH excluding ortho intramolecular Hbond substituents is 2. The Morgan fingerprint density at radius 3 is 2.71 bits per heavy atom. The van der Waals surface area contributed by atoms with Crippen LogP contribution in [0.15, 0.2) is 72.2 Å². The highest BCUT2D eigenvalue weighted by Gasteiger charge is 2.22. The minimum absolute atomic E-state index is 0.0450. The van der Waals surface area contributed by atoms with Crippen LogP contribution in [-0.4, -0.2) is 43.2 Å². The molecule has 38 heavy (non-hydrogen) atoms. The normalized spacial score (nSPS) is 17.8. The van der Waals surface area contributed by atoms with Crippen molar-refractivity contribution in [2.45, 2.75) is 62.8 Å². The van der Waals surface area contributed by atoms with Gasteiger partial charge < -0.3 is 14.9 Å². The third-order valence-corrected chi connectivity index (χ3v) is 7.36. The summed E-state index contributed by atoms with van der Waals surface area (Å²) in [4.78, 5) is 4.23. The number of rotatable bonds is 6. The van der Waals surface area contributed by atoms with Gasteiger partial charge in [-0.3, -0.25) is 9.55 Å². The Bertz CT molecular complexity index is 1300. The molecule has 1 aliphatic heterocycles. The van der Waals surface area contributed by atoms with Crippen LogP contribution in [0.1, 0.15) is 63.0 Å². The Kier molecular flexibility index (Phi) is 9.79. The van der Waals surface area contributed by atoms with Crippen LogP contribution in [0.25, 0.3) is 17.1 Å². The molecule has 0 saturated carbocycles. The maximum atomic E-state index is 10.9. The number of allylic oxidation sites excluding steroid dienone is 3. The predicted octanol–water partition coefficient (Wildman–Crippen LogP) is 7.10. The first kappa shape index (κ1) is 27.7. The lowest BCUT2D eigenvalue weighted by Gasteiger charge is -2.15. The fourth-order valence-corrected chi connectivity index (χ4v) is 5.16. The van der Waals surface area contributed by atoms with Crippen LogP contribution < -0.4 is 0 Å². The number of ether oxygens (including phenoxy) is 1. The van der Waals surface area contributed by atoms with E-state index in [4.69, 9.17) is 4.74 Å². The maximum Gasteiger partial charge on any atom is 0.196 e. The molecule has 4 rings (SSSR count). The first-order chi connectivity index (χ1) is 18.4. The number of thioether (sulfide) groups is 1. The Morgan fingerprint density at radius 2 is 1.92 bits per heavy atom. The van der Waals surface area contributed by atoms with Gasteiger partial charge in [0.15, 0.2) is 11.0 Å². The van der Waals surface area contributed by atoms with Gasteiger partial charge in [0.1, 0.15) is 11.5 Å². The summed E-state index contributed by atoms with van der Waals surface area (Å²) in [5, 5.41) is 31.1. The SMILES string of the molecule is C=C1/C=C\C(n2c(SCc3cccnc3)nnc2-c2cc(C(C)C)c(O)cc2O)=C/CCCCCCOC1. The number of benzene rings is 1. The van der Waals surface area contributed by atoms with Crippen LogP contribution in [0.4, 0.5) is 0 Å². The number of aromatic hydroxyl groups is 2. The highest BCUT2D eigenvalue weighted by atomic mass is 32.2. The molecule has 0 bridgehead atoms. The number of pyridine rings is 1. The van der Waals surface area contributed by atoms with Crippen molar-refractivity contribution in [3.63, 3.8) is 0 Å². The van der Waals surface area contributed by atoms with Crippen molar-refractivity contribution in [3.05, 3.63) is 78.2 Å². The fraction of sp³-hybridized carbons (Fsp3) is 0.367. The van der Waals surface area contributed by atoms with Crippen molar-refractivity contribution in [3.8, 4) is 22.9 Å². The molecule has 0 radical (unpaired) electrons. The van der Waals surface area contributed by atoms with Crippen molar-refractivity contribution in [1.29, 1.82) is 0 Å². The third kappa shape index (κ3) is 7.14. The first-order valence-electron chi connectivity index (χ1n) is 13.1. The average Bonchev–Trinajstić information content (AvgIpc) is 3.32. The lowest BCUT2D eigenvalue weighted by atomic mass is 9.98. The van der Waals surface area contributed by atoms with Crippen LogP contribution in [0.2, 0.25) is 0 Å². The fourth-order valence-electron chi connectivity index (χ4n) is 4.28. The van der Waals surface area contributed by atoms with Crippen LogP contribution in [-0.2, 0) is 10.5 Å². The van der Waals surface area contributed by atoms with E-state index >= 15 is 0 Å². The standard InChI is InChI=1S/C30H36N4O3S/c1-21(2)25-16-26(28(36)17-27(25)35)29-32-33-30(38-20-23-10-9-14-31-18-23)34(29)24-11-7-5-4-6-8-15-37-19-22(3)12-13-24/h9-14,16-18,21,35-36H,3-8,15,19-20H2,1-2H3/b13-12-,24-11+. The molecule has 0 aliphatic carbocycles. The molecule has 1 aromatic carbocycles. The van der Waals surface area contributed by atoms with E-state index in [1.807, 2.05) is 55.0 Å². The van der Waals surface area contributed by atoms with Crippen LogP contribution >= 0.6 is 11.8 Å². The molecule has 0 amide bonds. The molecule has 8 heteroatoms. The van der Waals surface area contributed by atoms with Crippen molar-refractivity contribution in [1.82, 2.24) is 19.7 Å². The molecule has 0 fully saturated rings. The van der Waals surface area contributed by atoms with Gasteiger partial charge in [0.05, 0.1) is 12.2 Å². The van der Waals surface area contributed by atoms with Crippen molar-refractivity contribution in [2.24, 2.45) is 0 Å². The van der Waals surface area contributed by atoms with Crippen LogP contribution in [0.3, 0.4) is 0 Å². The summed E-state index contributed by atoms with van der Waals surface area (Å²) in [5.74, 6) is 1.27. The molecule has 0 unspecified atom stereocenters. The number of aromatic nitrogens is 4. The quantitative estimate of drug-likeness (QED) is 0.327. The van der Waals surface area contributed by atoms with Gasteiger partial charge >= 0.3 is 0 Å². The van der Waals surface area contributed by atoms with Gasteiger partial charge in [-0.15, -0.1) is 10.2 Å². The Balaban J connectivity index is 1.81. The van der Waals surface area contributed by atoms with Gasteiger partial charge in [-0.25, -0.2) is 0 Å². The zero-order valence-electron chi connectivity index (χ0n) is 22.1. The summed E-state index contributed by atoms with van der Waals surface area (Å²) in [6.07, 6.45) is 15.1. The molecular formula is C30H36N4O3S. The summed E-state index contributed by atoms with van der Waals surface area (Å²) in [6.45, 7) is 9.39. The number of phenols is 2. The van der Waals surface area contributed by atoms with E-state index in [-0.39, 0.29) is 17.4 Å². The van der Waals surface area contributed by atoms with Crippen molar-refractivity contribution in [2.75, 3.05) is 13.2 Å². The maximum absolute atomic E-state index is 10.9. The summed E-state index contributed by atoms with van der Waals surface area (Å²) in [7, 11) is 0. The Morgan fingerprint density at radius 1 is 1.08 bits per heavy atom. The molecule has 7 nitrogen and oxygen atoms in total. The molecule has 2 aromatic heterocycles. The van der Waals surface area contributed by atoms with E-state index in [1.54, 1.807) is 18.0 Å². The minimum atomic E-state index is -0.0450. The lowest BCUT2D eigenvalue weighted by Crippen LogP contribution is -2.03. The summed E-state index contributed by atoms with van der Waals surface area (Å²) >= 11 is 1.56. The molecule has 3 heterocycles. The number of nitrogens with zero attached hydrogens (tertiary/aromatic N) is 4. The highest BCUT2D eigenvalue weighted by molar-refractivity contribution is 7.98. The van der Waals surface area contributed by atoms with E-state index in [9.17, 15) is 10.2 Å². The average molecular weight is 533 g/mol. The zero-order chi connectivity index (χ0) is 26.9. The van der Waals surface area contributed by atoms with Gasteiger partial charge in [0.2, 0.25) is 0 Å². The minimum Gasteiger partial charge on any atom is -0.508 e. The molecule has 0 spiro atoms. The molecule has 0 atom stereocenters. The van der Waals surface area contributed by atoms with E-state index < -0.39 is 0 Å². The summed E-state index contributed by atoms with van der Waals surface area (Å²) in [5.41, 5.74) is 4.11. The Hall–Kier alpha value is -3.36. The van der Waals surface area contributed by atoms with E-state index in [0.717, 1.165) is 61.1 Å². The highest BCUT2D eigenvalue weighted by Crippen LogP contribution is 2.39. The van der Waals surface area contributed by atoms with Crippen molar-refractivity contribution < 1.29 is 14.9 Å². The second-order valence-electron chi connectivity index (χ2n) is 9.75. The largest absolute Gasteiger partial charge is 0.508 e. The first-order valence-corrected chi connectivity index (χ1v) is 14.1. The molecule has 2 N–H and O–H groups in total. The van der Waals surface area contributed by atoms with Gasteiger partial charge in [0, 0.05) is 36.5 Å². The predicted molar refractivity (Wildman–Crippen MR) is 153 cm³/mol.